The maximum absolute atomic E-state index is 6.12. The van der Waals surface area contributed by atoms with Crippen molar-refractivity contribution in [3.63, 3.8) is 0 Å². The van der Waals surface area contributed by atoms with Gasteiger partial charge in [0.05, 0.1) is 17.1 Å². The molecule has 6 heteroatoms. The van der Waals surface area contributed by atoms with E-state index in [-0.39, 0.29) is 0 Å². The summed E-state index contributed by atoms with van der Waals surface area (Å²) in [4.78, 5) is 0. The Labute approximate surface area is 144 Å². The maximum atomic E-state index is 6.12. The molecule has 0 saturated carbocycles. The van der Waals surface area contributed by atoms with Crippen molar-refractivity contribution in [2.24, 2.45) is 0 Å². The predicted octanol–water partition coefficient (Wildman–Crippen LogP) is 4.38. The van der Waals surface area contributed by atoms with Crippen LogP contribution in [-0.2, 0) is 13.0 Å². The number of hydrogen-bond donors (Lipinski definition) is 1. The van der Waals surface area contributed by atoms with Gasteiger partial charge in [0.1, 0.15) is 0 Å². The van der Waals surface area contributed by atoms with E-state index in [9.17, 15) is 0 Å². The fraction of sp³-hybridized carbons (Fsp3) is 0.176. The molecule has 0 aliphatic heterocycles. The third-order valence-corrected chi connectivity index (χ3v) is 3.93. The van der Waals surface area contributed by atoms with E-state index < -0.39 is 0 Å². The fourth-order valence-corrected chi connectivity index (χ4v) is 2.49. The molecule has 0 unspecified atom stereocenters. The van der Waals surface area contributed by atoms with Gasteiger partial charge in [-0.15, -0.1) is 10.2 Å². The first-order valence-corrected chi connectivity index (χ1v) is 8.00. The summed E-state index contributed by atoms with van der Waals surface area (Å²) in [5.41, 5.74) is 1.97. The molecule has 23 heavy (non-hydrogen) atoms. The molecule has 0 radical (unpaired) electrons. The molecule has 4 nitrogen and oxygen atoms in total. The van der Waals surface area contributed by atoms with Gasteiger partial charge in [0, 0.05) is 5.02 Å². The molecule has 3 rings (SSSR count). The van der Waals surface area contributed by atoms with Gasteiger partial charge in [0.15, 0.2) is 0 Å². The molecule has 1 N–H and O–H groups in total. The van der Waals surface area contributed by atoms with E-state index in [1.807, 2.05) is 42.5 Å². The minimum atomic E-state index is 0.435. The molecular formula is C17H15Cl2N3O. The largest absolute Gasteiger partial charge is 0.419 e. The van der Waals surface area contributed by atoms with E-state index >= 15 is 0 Å². The zero-order valence-electron chi connectivity index (χ0n) is 12.3. The van der Waals surface area contributed by atoms with E-state index in [4.69, 9.17) is 27.6 Å². The summed E-state index contributed by atoms with van der Waals surface area (Å²) in [5, 5.41) is 12.7. The molecule has 0 spiro atoms. The topological polar surface area (TPSA) is 51.0 Å². The van der Waals surface area contributed by atoms with Gasteiger partial charge in [-0.25, -0.2) is 0 Å². The van der Waals surface area contributed by atoms with Crippen LogP contribution in [0.2, 0.25) is 10.0 Å². The summed E-state index contributed by atoms with van der Waals surface area (Å²) in [6.07, 6.45) is 0.905. The van der Waals surface area contributed by atoms with Crippen LogP contribution >= 0.6 is 23.2 Å². The van der Waals surface area contributed by atoms with Gasteiger partial charge in [-0.3, -0.25) is 0 Å². The normalized spacial score (nSPS) is 10.9. The number of halogens is 2. The number of nitrogens with one attached hydrogen (secondary N) is 1. The summed E-state index contributed by atoms with van der Waals surface area (Å²) in [6.45, 7) is 1.33. The summed E-state index contributed by atoms with van der Waals surface area (Å²) >= 11 is 12.0. The van der Waals surface area contributed by atoms with Crippen molar-refractivity contribution in [2.45, 2.75) is 13.0 Å². The van der Waals surface area contributed by atoms with Crippen LogP contribution in [0.25, 0.3) is 11.5 Å². The van der Waals surface area contributed by atoms with Gasteiger partial charge in [0.25, 0.3) is 0 Å². The average molecular weight is 348 g/mol. The van der Waals surface area contributed by atoms with Crippen molar-refractivity contribution >= 4 is 23.2 Å². The Morgan fingerprint density at radius 3 is 2.52 bits per heavy atom. The van der Waals surface area contributed by atoms with E-state index in [1.165, 1.54) is 5.56 Å². The molecule has 1 aromatic heterocycles. The number of benzene rings is 2. The summed E-state index contributed by atoms with van der Waals surface area (Å²) in [6, 6.07) is 15.2. The Bertz CT molecular complexity index is 772. The predicted molar refractivity (Wildman–Crippen MR) is 91.6 cm³/mol. The third-order valence-electron chi connectivity index (χ3n) is 3.35. The Kier molecular flexibility index (Phi) is 5.28. The van der Waals surface area contributed by atoms with Crippen LogP contribution in [-0.4, -0.2) is 16.7 Å². The molecule has 0 fully saturated rings. The molecule has 118 valence electrons. The minimum Gasteiger partial charge on any atom is -0.419 e. The van der Waals surface area contributed by atoms with Gasteiger partial charge in [-0.05, 0) is 42.8 Å². The fourth-order valence-electron chi connectivity index (χ4n) is 2.15. The van der Waals surface area contributed by atoms with Crippen LogP contribution in [0.15, 0.2) is 52.9 Å². The van der Waals surface area contributed by atoms with Gasteiger partial charge >= 0.3 is 0 Å². The molecular weight excluding hydrogens is 333 g/mol. The lowest BCUT2D eigenvalue weighted by Gasteiger charge is -2.02. The van der Waals surface area contributed by atoms with Crippen LogP contribution < -0.4 is 5.32 Å². The van der Waals surface area contributed by atoms with E-state index in [0.29, 0.717) is 23.3 Å². The van der Waals surface area contributed by atoms with Crippen LogP contribution in [0.4, 0.5) is 0 Å². The highest BCUT2D eigenvalue weighted by Gasteiger charge is 2.10. The highest BCUT2D eigenvalue weighted by atomic mass is 35.5. The zero-order valence-corrected chi connectivity index (χ0v) is 13.8. The van der Waals surface area contributed by atoms with Crippen LogP contribution in [0.5, 0.6) is 0 Å². The van der Waals surface area contributed by atoms with Crippen molar-refractivity contribution in [3.8, 4) is 11.5 Å². The molecule has 0 amide bonds. The highest BCUT2D eigenvalue weighted by Crippen LogP contribution is 2.26. The molecule has 1 heterocycles. The highest BCUT2D eigenvalue weighted by molar-refractivity contribution is 6.33. The van der Waals surface area contributed by atoms with Crippen molar-refractivity contribution in [3.05, 3.63) is 70.0 Å². The summed E-state index contributed by atoms with van der Waals surface area (Å²) in [7, 11) is 0. The van der Waals surface area contributed by atoms with E-state index in [2.05, 4.69) is 15.5 Å². The Balaban J connectivity index is 1.52. The van der Waals surface area contributed by atoms with Crippen molar-refractivity contribution in [1.29, 1.82) is 0 Å². The average Bonchev–Trinajstić information content (AvgIpc) is 3.02. The first-order chi connectivity index (χ1) is 11.2. The zero-order chi connectivity index (χ0) is 16.1. The van der Waals surface area contributed by atoms with Crippen LogP contribution in [0.3, 0.4) is 0 Å². The third kappa shape index (κ3) is 4.32. The summed E-state index contributed by atoms with van der Waals surface area (Å²) < 4.78 is 5.63. The van der Waals surface area contributed by atoms with Crippen molar-refractivity contribution < 1.29 is 4.42 Å². The Morgan fingerprint density at radius 1 is 0.957 bits per heavy atom. The number of nitrogens with zero attached hydrogens (tertiary/aromatic N) is 2. The lowest BCUT2D eigenvalue weighted by Crippen LogP contribution is -2.16. The SMILES string of the molecule is Clc1ccc(CCNCc2nnc(-c3ccccc3Cl)o2)cc1. The Morgan fingerprint density at radius 2 is 1.74 bits per heavy atom. The van der Waals surface area contributed by atoms with Crippen LogP contribution in [0, 0.1) is 0 Å². The number of hydrogen-bond acceptors (Lipinski definition) is 4. The molecule has 0 saturated heterocycles. The second-order valence-corrected chi connectivity index (χ2v) is 5.88. The van der Waals surface area contributed by atoms with E-state index in [1.54, 1.807) is 6.07 Å². The summed E-state index contributed by atoms with van der Waals surface area (Å²) in [5.74, 6) is 0.973. The lowest BCUT2D eigenvalue weighted by atomic mass is 10.1. The van der Waals surface area contributed by atoms with Gasteiger partial charge in [-0.1, -0.05) is 47.5 Å². The first kappa shape index (κ1) is 16.0. The molecule has 0 atom stereocenters. The quantitative estimate of drug-likeness (QED) is 0.672. The Hall–Kier alpha value is -1.88. The first-order valence-electron chi connectivity index (χ1n) is 7.25. The second-order valence-electron chi connectivity index (χ2n) is 5.03. The van der Waals surface area contributed by atoms with Crippen molar-refractivity contribution in [2.75, 3.05) is 6.54 Å². The second kappa shape index (κ2) is 7.59. The van der Waals surface area contributed by atoms with E-state index in [0.717, 1.165) is 23.6 Å². The minimum absolute atomic E-state index is 0.435. The number of aromatic nitrogens is 2. The monoisotopic (exact) mass is 347 g/mol. The van der Waals surface area contributed by atoms with Gasteiger partial charge in [0.2, 0.25) is 11.8 Å². The lowest BCUT2D eigenvalue weighted by molar-refractivity contribution is 0.478. The molecule has 2 aromatic carbocycles. The van der Waals surface area contributed by atoms with Gasteiger partial charge in [-0.2, -0.15) is 0 Å². The molecule has 0 bridgehead atoms. The van der Waals surface area contributed by atoms with Crippen molar-refractivity contribution in [1.82, 2.24) is 15.5 Å². The van der Waals surface area contributed by atoms with Crippen LogP contribution in [0.1, 0.15) is 11.5 Å². The number of rotatable bonds is 6. The standard InChI is InChI=1S/C17H15Cl2N3O/c18-13-7-5-12(6-8-13)9-10-20-11-16-21-22-17(23-16)14-3-1-2-4-15(14)19/h1-8,20H,9-11H2. The van der Waals surface area contributed by atoms with Gasteiger partial charge < -0.3 is 9.73 Å². The molecule has 0 aliphatic carbocycles. The molecule has 0 aliphatic rings. The maximum Gasteiger partial charge on any atom is 0.249 e. The smallest absolute Gasteiger partial charge is 0.249 e. The molecule has 3 aromatic rings.